The molecule has 1 nitrogen and oxygen atoms in total. The lowest BCUT2D eigenvalue weighted by molar-refractivity contribution is 0.810. The lowest BCUT2D eigenvalue weighted by Gasteiger charge is -2.09. The number of hydrogen-bond donors (Lipinski definition) is 1. The fourth-order valence-electron chi connectivity index (χ4n) is 4.23. The average Bonchev–Trinajstić information content (AvgIpc) is 3.07. The number of hydrogen-bond acceptors (Lipinski definition) is 0. The molecule has 0 aliphatic carbocycles. The summed E-state index contributed by atoms with van der Waals surface area (Å²) in [6.07, 6.45) is 3.55. The lowest BCUT2D eigenvalue weighted by Crippen LogP contribution is -1.89. The molecule has 2 heteroatoms. The molecule has 128 valence electrons. The van der Waals surface area contributed by atoms with Crippen molar-refractivity contribution >= 4 is 59.3 Å². The van der Waals surface area contributed by atoms with E-state index in [1.807, 2.05) is 0 Å². The summed E-state index contributed by atoms with van der Waals surface area (Å²) >= 11 is 3.56. The number of alkyl halides is 1. The molecular formula is C24H20BrN. The van der Waals surface area contributed by atoms with Crippen LogP contribution in [-0.2, 0) is 6.42 Å². The molecular weight excluding hydrogens is 382 g/mol. The number of H-pyrrole nitrogens is 1. The molecule has 0 saturated carbocycles. The second-order valence-corrected chi connectivity index (χ2v) is 7.78. The maximum atomic E-state index is 3.65. The van der Waals surface area contributed by atoms with Gasteiger partial charge in [0.25, 0.3) is 0 Å². The van der Waals surface area contributed by atoms with Crippen LogP contribution >= 0.6 is 15.9 Å². The summed E-state index contributed by atoms with van der Waals surface area (Å²) in [5.74, 6) is 0. The molecule has 0 atom stereocenters. The van der Waals surface area contributed by atoms with E-state index in [1.54, 1.807) is 0 Å². The number of unbranched alkanes of at least 4 members (excludes halogenated alkanes) is 1. The molecule has 5 aromatic rings. The van der Waals surface area contributed by atoms with Crippen LogP contribution in [0.15, 0.2) is 66.7 Å². The zero-order valence-corrected chi connectivity index (χ0v) is 16.1. The fraction of sp³-hybridized carbons (Fsp3) is 0.167. The van der Waals surface area contributed by atoms with Gasteiger partial charge in [0, 0.05) is 27.1 Å². The highest BCUT2D eigenvalue weighted by Crippen LogP contribution is 2.38. The Labute approximate surface area is 161 Å². The maximum Gasteiger partial charge on any atom is 0.0471 e. The van der Waals surface area contributed by atoms with Gasteiger partial charge in [0.05, 0.1) is 0 Å². The van der Waals surface area contributed by atoms with E-state index < -0.39 is 0 Å². The van der Waals surface area contributed by atoms with Crippen LogP contribution in [0.5, 0.6) is 0 Å². The first-order chi connectivity index (χ1) is 12.9. The second kappa shape index (κ2) is 6.44. The van der Waals surface area contributed by atoms with Gasteiger partial charge in [-0.3, -0.25) is 0 Å². The van der Waals surface area contributed by atoms with Crippen LogP contribution in [0, 0.1) is 0 Å². The highest BCUT2D eigenvalue weighted by molar-refractivity contribution is 9.09. The first-order valence-electron chi connectivity index (χ1n) is 9.26. The number of fused-ring (bicyclic) bond motifs is 7. The van der Waals surface area contributed by atoms with Crippen molar-refractivity contribution in [2.24, 2.45) is 0 Å². The first kappa shape index (κ1) is 15.9. The number of benzene rings is 4. The molecule has 1 aromatic heterocycles. The number of halogens is 1. The Morgan fingerprint density at radius 3 is 2.31 bits per heavy atom. The maximum absolute atomic E-state index is 3.65. The van der Waals surface area contributed by atoms with Crippen LogP contribution in [-0.4, -0.2) is 10.3 Å². The van der Waals surface area contributed by atoms with E-state index in [-0.39, 0.29) is 0 Å². The van der Waals surface area contributed by atoms with Crippen molar-refractivity contribution in [3.05, 3.63) is 72.3 Å². The van der Waals surface area contributed by atoms with E-state index in [0.29, 0.717) is 0 Å². The molecule has 0 unspecified atom stereocenters. The minimum atomic E-state index is 1.07. The summed E-state index contributed by atoms with van der Waals surface area (Å²) < 4.78 is 0. The Morgan fingerprint density at radius 2 is 1.42 bits per heavy atom. The third-order valence-corrected chi connectivity index (χ3v) is 5.97. The van der Waals surface area contributed by atoms with E-state index in [0.717, 1.165) is 11.8 Å². The summed E-state index contributed by atoms with van der Waals surface area (Å²) in [5.41, 5.74) is 3.92. The summed E-state index contributed by atoms with van der Waals surface area (Å²) in [6, 6.07) is 24.4. The quantitative estimate of drug-likeness (QED) is 0.239. The van der Waals surface area contributed by atoms with Gasteiger partial charge in [-0.05, 0) is 58.5 Å². The van der Waals surface area contributed by atoms with Crippen LogP contribution in [0.4, 0.5) is 0 Å². The Kier molecular flexibility index (Phi) is 3.94. The molecule has 0 aliphatic rings. The number of aromatic amines is 1. The third-order valence-electron chi connectivity index (χ3n) is 5.41. The van der Waals surface area contributed by atoms with Gasteiger partial charge in [-0.25, -0.2) is 0 Å². The van der Waals surface area contributed by atoms with Gasteiger partial charge < -0.3 is 4.98 Å². The molecule has 4 aromatic carbocycles. The monoisotopic (exact) mass is 401 g/mol. The number of rotatable bonds is 4. The molecule has 0 amide bonds. The summed E-state index contributed by atoms with van der Waals surface area (Å²) in [4.78, 5) is 3.65. The molecule has 0 saturated heterocycles. The normalized spacial score (nSPS) is 11.9. The molecule has 26 heavy (non-hydrogen) atoms. The van der Waals surface area contributed by atoms with Gasteiger partial charge in [-0.2, -0.15) is 0 Å². The lowest BCUT2D eigenvalue weighted by atomic mass is 9.94. The Bertz CT molecular complexity index is 1250. The van der Waals surface area contributed by atoms with Gasteiger partial charge in [0.15, 0.2) is 0 Å². The number of aromatic nitrogens is 1. The predicted octanol–water partition coefficient (Wildman–Crippen LogP) is 7.35. The minimum Gasteiger partial charge on any atom is -0.354 e. The number of aryl methyl sites for hydroxylation is 1. The Balaban J connectivity index is 1.92. The van der Waals surface area contributed by atoms with Crippen molar-refractivity contribution in [1.29, 1.82) is 0 Å². The molecule has 1 N–H and O–H groups in total. The van der Waals surface area contributed by atoms with E-state index in [4.69, 9.17) is 0 Å². The van der Waals surface area contributed by atoms with Gasteiger partial charge in [-0.15, -0.1) is 0 Å². The summed E-state index contributed by atoms with van der Waals surface area (Å²) in [5, 5.41) is 9.20. The Hall–Kier alpha value is -2.32. The van der Waals surface area contributed by atoms with Crippen LogP contribution in [0.1, 0.15) is 18.4 Å². The van der Waals surface area contributed by atoms with E-state index in [1.165, 1.54) is 61.8 Å². The third kappa shape index (κ3) is 2.44. The molecule has 0 radical (unpaired) electrons. The minimum absolute atomic E-state index is 1.07. The van der Waals surface area contributed by atoms with E-state index in [2.05, 4.69) is 87.6 Å². The van der Waals surface area contributed by atoms with Crippen molar-refractivity contribution in [3.63, 3.8) is 0 Å². The molecule has 0 spiro atoms. The molecule has 5 rings (SSSR count). The number of nitrogens with one attached hydrogen (secondary N) is 1. The van der Waals surface area contributed by atoms with Crippen LogP contribution in [0.25, 0.3) is 43.4 Å². The van der Waals surface area contributed by atoms with Crippen LogP contribution in [0.2, 0.25) is 0 Å². The molecule has 0 fully saturated rings. The van der Waals surface area contributed by atoms with Gasteiger partial charge in [0.2, 0.25) is 0 Å². The second-order valence-electron chi connectivity index (χ2n) is 6.98. The average molecular weight is 402 g/mol. The van der Waals surface area contributed by atoms with Crippen LogP contribution < -0.4 is 0 Å². The predicted molar refractivity (Wildman–Crippen MR) is 118 cm³/mol. The molecule has 0 aliphatic heterocycles. The van der Waals surface area contributed by atoms with E-state index >= 15 is 0 Å². The van der Waals surface area contributed by atoms with Crippen molar-refractivity contribution in [3.8, 4) is 0 Å². The SMILES string of the molecule is BrCCCCc1cccc2ccc3[nH]c4ccc5ccccc5c4c3c12. The zero-order chi connectivity index (χ0) is 17.5. The van der Waals surface area contributed by atoms with Gasteiger partial charge in [-0.1, -0.05) is 70.5 Å². The standard InChI is InChI=1S/C24H20BrN/c25-15-4-3-7-17-8-5-9-18-12-14-21-24(22(17)18)23-19-10-2-1-6-16(19)11-13-20(23)26-21/h1-2,5-6,8-14,26H,3-4,7,15H2. The van der Waals surface area contributed by atoms with E-state index in [9.17, 15) is 0 Å². The smallest absolute Gasteiger partial charge is 0.0471 e. The van der Waals surface area contributed by atoms with Crippen molar-refractivity contribution in [2.75, 3.05) is 5.33 Å². The zero-order valence-electron chi connectivity index (χ0n) is 14.6. The fourth-order valence-corrected chi connectivity index (χ4v) is 4.62. The summed E-state index contributed by atoms with van der Waals surface area (Å²) in [7, 11) is 0. The topological polar surface area (TPSA) is 15.8 Å². The van der Waals surface area contributed by atoms with Crippen LogP contribution in [0.3, 0.4) is 0 Å². The first-order valence-corrected chi connectivity index (χ1v) is 10.4. The highest BCUT2D eigenvalue weighted by Gasteiger charge is 2.13. The van der Waals surface area contributed by atoms with Gasteiger partial charge in [0.1, 0.15) is 0 Å². The molecule has 0 bridgehead atoms. The van der Waals surface area contributed by atoms with Crippen molar-refractivity contribution in [2.45, 2.75) is 19.3 Å². The Morgan fingerprint density at radius 1 is 0.654 bits per heavy atom. The summed E-state index contributed by atoms with van der Waals surface area (Å²) in [6.45, 7) is 0. The van der Waals surface area contributed by atoms with Crippen molar-refractivity contribution < 1.29 is 0 Å². The van der Waals surface area contributed by atoms with Crippen molar-refractivity contribution in [1.82, 2.24) is 4.98 Å². The highest BCUT2D eigenvalue weighted by atomic mass is 79.9. The molecule has 1 heterocycles. The van der Waals surface area contributed by atoms with Gasteiger partial charge >= 0.3 is 0 Å². The largest absolute Gasteiger partial charge is 0.354 e.